The Kier molecular flexibility index (Phi) is 22.1. The number of rotatable bonds is 26. The fourth-order valence-electron chi connectivity index (χ4n) is 5.25. The zero-order chi connectivity index (χ0) is 38.4. The third-order valence-electron chi connectivity index (χ3n) is 8.49. The average molecular weight is 727 g/mol. The van der Waals surface area contributed by atoms with Gasteiger partial charge < -0.3 is 43.3 Å². The summed E-state index contributed by atoms with van der Waals surface area (Å²) >= 11 is 0. The molecule has 1 amide bonds. The van der Waals surface area contributed by atoms with E-state index in [0.717, 1.165) is 12.8 Å². The van der Waals surface area contributed by atoms with E-state index < -0.39 is 60.0 Å². The molecular formula is C36H58N2O13. The molecule has 0 aromatic rings. The van der Waals surface area contributed by atoms with Gasteiger partial charge in [-0.05, 0) is 19.3 Å². The smallest absolute Gasteiger partial charge is 0.303 e. The monoisotopic (exact) mass is 726 g/mol. The minimum atomic E-state index is -1.19. The number of ketones is 2. The second kappa shape index (κ2) is 24.7. The van der Waals surface area contributed by atoms with Crippen LogP contribution in [-0.4, -0.2) is 111 Å². The number of carbonyl (C=O) groups excluding carboxylic acids is 6. The first-order valence-corrected chi connectivity index (χ1v) is 17.7. The van der Waals surface area contributed by atoms with Crippen LogP contribution in [0.25, 0.3) is 4.85 Å². The number of amides is 1. The van der Waals surface area contributed by atoms with Crippen molar-refractivity contribution >= 4 is 35.4 Å². The van der Waals surface area contributed by atoms with Gasteiger partial charge in [0.15, 0.2) is 24.3 Å². The van der Waals surface area contributed by atoms with Crippen LogP contribution in [0.1, 0.15) is 106 Å². The van der Waals surface area contributed by atoms with Crippen LogP contribution in [0.5, 0.6) is 0 Å². The second-order valence-electron chi connectivity index (χ2n) is 13.2. The van der Waals surface area contributed by atoms with Crippen molar-refractivity contribution in [2.75, 3.05) is 39.6 Å². The van der Waals surface area contributed by atoms with E-state index in [-0.39, 0.29) is 43.9 Å². The minimum absolute atomic E-state index is 0.00344. The molecule has 1 aliphatic heterocycles. The Labute approximate surface area is 301 Å². The molecule has 290 valence electrons. The maximum Gasteiger partial charge on any atom is 0.303 e. The number of hydrogen-bond donors (Lipinski definition) is 1. The first kappa shape index (κ1) is 45.6. The van der Waals surface area contributed by atoms with Crippen LogP contribution < -0.4 is 5.32 Å². The fourth-order valence-corrected chi connectivity index (χ4v) is 5.25. The highest BCUT2D eigenvalue weighted by molar-refractivity contribution is 5.79. The van der Waals surface area contributed by atoms with Crippen molar-refractivity contribution in [3.05, 3.63) is 11.4 Å². The lowest BCUT2D eigenvalue weighted by molar-refractivity contribution is -0.277. The van der Waals surface area contributed by atoms with Crippen molar-refractivity contribution in [1.82, 2.24) is 5.32 Å². The standard InChI is InChI=1S/C36H58N2O13/c1-24(2)36(7,37-8)17-16-29(43)15-13-18-45-20-21-46-22-30(44)14-11-9-10-12-19-47-35-32(38-25(3)39)34(50-28(6)42)33(49-27(5)41)31(51-35)23-48-26(4)40/h24,31-35H,9-23H2,1-7H3,(H,38,39)/t31-,32-,33+,34-,35-,36?/m1/s1. The molecule has 0 saturated carbocycles. The Morgan fingerprint density at radius 1 is 0.765 bits per heavy atom. The molecule has 51 heavy (non-hydrogen) atoms. The van der Waals surface area contributed by atoms with Gasteiger partial charge in [-0.3, -0.25) is 28.8 Å². The number of Topliss-reactive ketones (excluding diaryl/α,β-unsaturated/α-hetero) is 2. The summed E-state index contributed by atoms with van der Waals surface area (Å²) in [6, 6.07) is -1.02. The largest absolute Gasteiger partial charge is 0.463 e. The average Bonchev–Trinajstić information content (AvgIpc) is 3.05. The van der Waals surface area contributed by atoms with Crippen LogP contribution in [0.4, 0.5) is 0 Å². The van der Waals surface area contributed by atoms with Gasteiger partial charge in [0.1, 0.15) is 31.1 Å². The molecule has 0 radical (unpaired) electrons. The first-order chi connectivity index (χ1) is 24.1. The summed E-state index contributed by atoms with van der Waals surface area (Å²) in [5.74, 6) is -2.13. The minimum Gasteiger partial charge on any atom is -0.463 e. The highest BCUT2D eigenvalue weighted by Crippen LogP contribution is 2.29. The summed E-state index contributed by atoms with van der Waals surface area (Å²) in [5.41, 5.74) is -0.512. The maximum atomic E-state index is 12.2. The van der Waals surface area contributed by atoms with E-state index in [4.69, 9.17) is 39.7 Å². The Morgan fingerprint density at radius 2 is 1.39 bits per heavy atom. The van der Waals surface area contributed by atoms with Crippen molar-refractivity contribution in [3.63, 3.8) is 0 Å². The Morgan fingerprint density at radius 3 is 2.00 bits per heavy atom. The normalized spacial score (nSPS) is 21.2. The first-order valence-electron chi connectivity index (χ1n) is 17.7. The zero-order valence-electron chi connectivity index (χ0n) is 31.3. The molecule has 0 aliphatic carbocycles. The van der Waals surface area contributed by atoms with Crippen molar-refractivity contribution in [1.29, 1.82) is 0 Å². The van der Waals surface area contributed by atoms with Gasteiger partial charge in [0.05, 0.1) is 13.2 Å². The highest BCUT2D eigenvalue weighted by Gasteiger charge is 2.51. The van der Waals surface area contributed by atoms with Crippen LogP contribution in [0, 0.1) is 12.5 Å². The molecule has 0 aromatic heterocycles. The molecule has 1 heterocycles. The SMILES string of the molecule is [C-]#[N+]C(C)(CCC(=O)CCCOCCOCC(=O)CCCCCCO[C@@H]1O[C@H](COC(C)=O)[C@H](OC(C)=O)[C@H](OC(C)=O)[C@H]1NC(C)=O)C(C)C. The molecule has 1 saturated heterocycles. The number of unbranched alkanes of at least 4 members (excludes halogenated alkanes) is 3. The van der Waals surface area contributed by atoms with Crippen LogP contribution in [0.15, 0.2) is 0 Å². The Bertz CT molecular complexity index is 1170. The van der Waals surface area contributed by atoms with Gasteiger partial charge in [-0.1, -0.05) is 26.7 Å². The van der Waals surface area contributed by atoms with Gasteiger partial charge in [0.2, 0.25) is 11.4 Å². The third-order valence-corrected chi connectivity index (χ3v) is 8.49. The molecule has 0 aromatic carbocycles. The van der Waals surface area contributed by atoms with E-state index in [1.807, 2.05) is 20.8 Å². The van der Waals surface area contributed by atoms with E-state index in [2.05, 4.69) is 10.2 Å². The van der Waals surface area contributed by atoms with E-state index >= 15 is 0 Å². The summed E-state index contributed by atoms with van der Waals surface area (Å²) in [5, 5.41) is 2.66. The number of carbonyl (C=O) groups is 6. The van der Waals surface area contributed by atoms with Crippen molar-refractivity contribution in [2.45, 2.75) is 142 Å². The third kappa shape index (κ3) is 19.1. The number of nitrogens with one attached hydrogen (secondary N) is 1. The predicted octanol–water partition coefficient (Wildman–Crippen LogP) is 3.68. The molecule has 1 fully saturated rings. The molecule has 15 nitrogen and oxygen atoms in total. The molecule has 15 heteroatoms. The van der Waals surface area contributed by atoms with Crippen molar-refractivity contribution < 1.29 is 61.9 Å². The maximum absolute atomic E-state index is 12.2. The van der Waals surface area contributed by atoms with Gasteiger partial charge >= 0.3 is 17.9 Å². The van der Waals surface area contributed by atoms with E-state index in [1.54, 1.807) is 0 Å². The summed E-state index contributed by atoms with van der Waals surface area (Å²) in [6.07, 6.45) is 0.564. The van der Waals surface area contributed by atoms with Gasteiger partial charge in [0, 0.05) is 79.4 Å². The quantitative estimate of drug-likeness (QED) is 0.0590. The van der Waals surface area contributed by atoms with Crippen molar-refractivity contribution in [3.8, 4) is 0 Å². The predicted molar refractivity (Wildman–Crippen MR) is 183 cm³/mol. The highest BCUT2D eigenvalue weighted by atomic mass is 16.7. The molecule has 0 spiro atoms. The topological polar surface area (TPSA) is 183 Å². The lowest BCUT2D eigenvalue weighted by atomic mass is 9.84. The summed E-state index contributed by atoms with van der Waals surface area (Å²) in [7, 11) is 0. The molecule has 6 atom stereocenters. The van der Waals surface area contributed by atoms with Gasteiger partial charge in [0.25, 0.3) is 0 Å². The fraction of sp³-hybridized carbons (Fsp3) is 0.806. The summed E-state index contributed by atoms with van der Waals surface area (Å²) < 4.78 is 38.8. The van der Waals surface area contributed by atoms with Crippen LogP contribution >= 0.6 is 0 Å². The lowest BCUT2D eigenvalue weighted by Crippen LogP contribution is -2.66. The molecule has 1 aliphatic rings. The molecule has 1 unspecified atom stereocenters. The molecule has 1 N–H and O–H groups in total. The molecule has 0 bridgehead atoms. The Balaban J connectivity index is 2.36. The van der Waals surface area contributed by atoms with Gasteiger partial charge in [-0.25, -0.2) is 6.57 Å². The molecular weight excluding hydrogens is 668 g/mol. The zero-order valence-corrected chi connectivity index (χ0v) is 31.3. The van der Waals surface area contributed by atoms with Crippen LogP contribution in [0.2, 0.25) is 0 Å². The Hall–Kier alpha value is -3.45. The van der Waals surface area contributed by atoms with E-state index in [1.165, 1.54) is 27.7 Å². The lowest BCUT2D eigenvalue weighted by Gasteiger charge is -2.44. The van der Waals surface area contributed by atoms with Crippen LogP contribution in [0.3, 0.4) is 0 Å². The number of nitrogens with zero attached hydrogens (tertiary/aromatic N) is 1. The number of hydrogen-bond acceptors (Lipinski definition) is 13. The molecule has 1 rings (SSSR count). The van der Waals surface area contributed by atoms with E-state index in [0.29, 0.717) is 58.2 Å². The van der Waals surface area contributed by atoms with E-state index in [9.17, 15) is 28.8 Å². The van der Waals surface area contributed by atoms with Gasteiger partial charge in [-0.15, -0.1) is 0 Å². The van der Waals surface area contributed by atoms with Crippen LogP contribution in [-0.2, 0) is 61.9 Å². The number of ether oxygens (including phenoxy) is 7. The second-order valence-corrected chi connectivity index (χ2v) is 13.2. The summed E-state index contributed by atoms with van der Waals surface area (Å²) in [6.45, 7) is 19.0. The van der Waals surface area contributed by atoms with Gasteiger partial charge in [-0.2, -0.15) is 0 Å². The van der Waals surface area contributed by atoms with Crippen molar-refractivity contribution in [2.24, 2.45) is 5.92 Å². The summed E-state index contributed by atoms with van der Waals surface area (Å²) in [4.78, 5) is 75.4. The number of esters is 3.